The summed E-state index contributed by atoms with van der Waals surface area (Å²) in [4.78, 5) is 24.4. The number of nitrogens with one attached hydrogen (secondary N) is 1. The van der Waals surface area contributed by atoms with E-state index < -0.39 is 0 Å². The molecule has 0 saturated carbocycles. The minimum Gasteiger partial charge on any atom is -0.349 e. The van der Waals surface area contributed by atoms with Gasteiger partial charge in [-0.15, -0.1) is 0 Å². The number of fused-ring (bicyclic) bond motifs is 1. The van der Waals surface area contributed by atoms with Gasteiger partial charge in [-0.2, -0.15) is 0 Å². The number of carbonyl (C=O) groups excluding carboxylic acids is 1. The molecule has 1 aliphatic carbocycles. The molecule has 1 aromatic heterocycles. The SMILES string of the molecule is Cc1cccc(-c2cnc(N3CCC(C(=O)NC4CCCc5ccccc54)CC3)nc2)c1. The number of benzene rings is 2. The molecule has 5 rings (SSSR count). The number of nitrogens with zero attached hydrogens (tertiary/aromatic N) is 3. The van der Waals surface area contributed by atoms with E-state index in [0.717, 1.165) is 62.3 Å². The van der Waals surface area contributed by atoms with Crippen LogP contribution < -0.4 is 10.2 Å². The topological polar surface area (TPSA) is 58.1 Å². The van der Waals surface area contributed by atoms with Crippen LogP contribution in [0, 0.1) is 12.8 Å². The quantitative estimate of drug-likeness (QED) is 0.647. The second-order valence-corrected chi connectivity index (χ2v) is 9.05. The number of amides is 1. The van der Waals surface area contributed by atoms with E-state index in [9.17, 15) is 4.79 Å². The van der Waals surface area contributed by atoms with Crippen molar-refractivity contribution in [3.8, 4) is 11.1 Å². The molecular weight excluding hydrogens is 396 g/mol. The Labute approximate surface area is 189 Å². The van der Waals surface area contributed by atoms with Crippen molar-refractivity contribution in [2.45, 2.75) is 45.1 Å². The van der Waals surface area contributed by atoms with Gasteiger partial charge in [0.2, 0.25) is 11.9 Å². The summed E-state index contributed by atoms with van der Waals surface area (Å²) in [7, 11) is 0. The summed E-state index contributed by atoms with van der Waals surface area (Å²) in [6, 6.07) is 17.1. The molecule has 1 fully saturated rings. The van der Waals surface area contributed by atoms with Crippen molar-refractivity contribution in [3.63, 3.8) is 0 Å². The summed E-state index contributed by atoms with van der Waals surface area (Å²) >= 11 is 0. The number of piperidine rings is 1. The summed E-state index contributed by atoms with van der Waals surface area (Å²) in [5.74, 6) is 1.01. The maximum atomic E-state index is 13.0. The van der Waals surface area contributed by atoms with Gasteiger partial charge in [-0.1, -0.05) is 54.1 Å². The van der Waals surface area contributed by atoms with Crippen molar-refractivity contribution in [3.05, 3.63) is 77.6 Å². The molecule has 1 aliphatic heterocycles. The molecule has 0 bridgehead atoms. The highest BCUT2D eigenvalue weighted by Crippen LogP contribution is 2.30. The molecule has 1 atom stereocenters. The second-order valence-electron chi connectivity index (χ2n) is 9.05. The van der Waals surface area contributed by atoms with Gasteiger partial charge in [0.05, 0.1) is 6.04 Å². The highest BCUT2D eigenvalue weighted by Gasteiger charge is 2.29. The molecule has 2 heterocycles. The zero-order chi connectivity index (χ0) is 21.9. The van der Waals surface area contributed by atoms with Crippen LogP contribution in [0.4, 0.5) is 5.95 Å². The van der Waals surface area contributed by atoms with Gasteiger partial charge in [0, 0.05) is 37.0 Å². The molecule has 2 aliphatic rings. The molecule has 5 nitrogen and oxygen atoms in total. The Morgan fingerprint density at radius 3 is 2.53 bits per heavy atom. The van der Waals surface area contributed by atoms with Crippen molar-refractivity contribution in [1.82, 2.24) is 15.3 Å². The molecule has 3 aromatic rings. The van der Waals surface area contributed by atoms with Crippen LogP contribution in [0.5, 0.6) is 0 Å². The number of anilines is 1. The molecule has 2 aromatic carbocycles. The average molecular weight is 427 g/mol. The van der Waals surface area contributed by atoms with Gasteiger partial charge in [-0.3, -0.25) is 4.79 Å². The van der Waals surface area contributed by atoms with Gasteiger partial charge < -0.3 is 10.2 Å². The third-order valence-corrected chi connectivity index (χ3v) is 6.82. The first-order chi connectivity index (χ1) is 15.7. The lowest BCUT2D eigenvalue weighted by Gasteiger charge is -2.33. The maximum Gasteiger partial charge on any atom is 0.225 e. The lowest BCUT2D eigenvalue weighted by atomic mass is 9.87. The highest BCUT2D eigenvalue weighted by atomic mass is 16.1. The molecule has 0 spiro atoms. The molecule has 1 N–H and O–H groups in total. The lowest BCUT2D eigenvalue weighted by molar-refractivity contribution is -0.126. The van der Waals surface area contributed by atoms with Crippen LogP contribution in [0.25, 0.3) is 11.1 Å². The van der Waals surface area contributed by atoms with Crippen molar-refractivity contribution in [1.29, 1.82) is 0 Å². The van der Waals surface area contributed by atoms with Crippen LogP contribution >= 0.6 is 0 Å². The largest absolute Gasteiger partial charge is 0.349 e. The number of carbonyl (C=O) groups is 1. The van der Waals surface area contributed by atoms with Gasteiger partial charge in [0.15, 0.2) is 0 Å². The molecule has 1 saturated heterocycles. The zero-order valence-electron chi connectivity index (χ0n) is 18.6. The van der Waals surface area contributed by atoms with E-state index >= 15 is 0 Å². The minimum atomic E-state index is 0.0619. The van der Waals surface area contributed by atoms with Crippen LogP contribution in [0.15, 0.2) is 60.9 Å². The van der Waals surface area contributed by atoms with Crippen LogP contribution in [-0.4, -0.2) is 29.0 Å². The summed E-state index contributed by atoms with van der Waals surface area (Å²) in [5.41, 5.74) is 6.07. The van der Waals surface area contributed by atoms with Gasteiger partial charge in [0.25, 0.3) is 0 Å². The Morgan fingerprint density at radius 2 is 1.75 bits per heavy atom. The van der Waals surface area contributed by atoms with Gasteiger partial charge in [0.1, 0.15) is 0 Å². The smallest absolute Gasteiger partial charge is 0.225 e. The fourth-order valence-electron chi connectivity index (χ4n) is 4.99. The first-order valence-electron chi connectivity index (χ1n) is 11.7. The number of aryl methyl sites for hydroxylation is 2. The normalized spacial score (nSPS) is 18.8. The minimum absolute atomic E-state index is 0.0619. The molecule has 1 amide bonds. The molecular formula is C27H30N4O. The van der Waals surface area contributed by atoms with Gasteiger partial charge >= 0.3 is 0 Å². The predicted octanol–water partition coefficient (Wildman–Crippen LogP) is 4.86. The summed E-state index contributed by atoms with van der Waals surface area (Å²) in [6.07, 6.45) is 8.75. The van der Waals surface area contributed by atoms with Crippen molar-refractivity contribution in [2.75, 3.05) is 18.0 Å². The molecule has 1 unspecified atom stereocenters. The monoisotopic (exact) mass is 426 g/mol. The summed E-state index contributed by atoms with van der Waals surface area (Å²) < 4.78 is 0. The number of hydrogen-bond donors (Lipinski definition) is 1. The number of rotatable bonds is 4. The van der Waals surface area contributed by atoms with Crippen molar-refractivity contribution in [2.24, 2.45) is 5.92 Å². The van der Waals surface area contributed by atoms with Crippen LogP contribution in [-0.2, 0) is 11.2 Å². The highest BCUT2D eigenvalue weighted by molar-refractivity contribution is 5.79. The Bertz CT molecular complexity index is 1090. The molecule has 32 heavy (non-hydrogen) atoms. The maximum absolute atomic E-state index is 13.0. The summed E-state index contributed by atoms with van der Waals surface area (Å²) in [6.45, 7) is 3.71. The van der Waals surface area contributed by atoms with Crippen molar-refractivity contribution >= 4 is 11.9 Å². The van der Waals surface area contributed by atoms with E-state index in [1.54, 1.807) is 0 Å². The molecule has 164 valence electrons. The first-order valence-corrected chi connectivity index (χ1v) is 11.7. The van der Waals surface area contributed by atoms with Gasteiger partial charge in [-0.05, 0) is 55.7 Å². The Balaban J connectivity index is 1.18. The van der Waals surface area contributed by atoms with Crippen LogP contribution in [0.3, 0.4) is 0 Å². The van der Waals surface area contributed by atoms with E-state index in [0.29, 0.717) is 0 Å². The second kappa shape index (κ2) is 9.11. The molecule has 0 radical (unpaired) electrons. The lowest BCUT2D eigenvalue weighted by Crippen LogP contribution is -2.42. The Kier molecular flexibility index (Phi) is 5.89. The van der Waals surface area contributed by atoms with E-state index in [2.05, 4.69) is 75.6 Å². The third-order valence-electron chi connectivity index (χ3n) is 6.82. The van der Waals surface area contributed by atoms with E-state index in [1.807, 2.05) is 12.4 Å². The van der Waals surface area contributed by atoms with E-state index in [4.69, 9.17) is 0 Å². The Morgan fingerprint density at radius 1 is 0.969 bits per heavy atom. The van der Waals surface area contributed by atoms with Crippen LogP contribution in [0.1, 0.15) is 48.4 Å². The van der Waals surface area contributed by atoms with Crippen molar-refractivity contribution < 1.29 is 4.79 Å². The first kappa shape index (κ1) is 20.7. The predicted molar refractivity (Wildman–Crippen MR) is 127 cm³/mol. The zero-order valence-corrected chi connectivity index (χ0v) is 18.6. The fraction of sp³-hybridized carbons (Fsp3) is 0.370. The van der Waals surface area contributed by atoms with E-state index in [-0.39, 0.29) is 17.9 Å². The third kappa shape index (κ3) is 4.38. The molecule has 5 heteroatoms. The number of aromatic nitrogens is 2. The number of hydrogen-bond acceptors (Lipinski definition) is 4. The van der Waals surface area contributed by atoms with E-state index in [1.165, 1.54) is 16.7 Å². The standard InChI is InChI=1S/C27H30N4O/c1-19-6-4-9-22(16-19)23-17-28-27(29-18-23)31-14-12-21(13-15-31)26(32)30-25-11-5-8-20-7-2-3-10-24(20)25/h2-4,6-7,9-10,16-18,21,25H,5,8,11-15H2,1H3,(H,30,32). The Hall–Kier alpha value is -3.21. The summed E-state index contributed by atoms with van der Waals surface area (Å²) in [5, 5.41) is 3.34. The van der Waals surface area contributed by atoms with Crippen LogP contribution in [0.2, 0.25) is 0 Å². The van der Waals surface area contributed by atoms with Gasteiger partial charge in [-0.25, -0.2) is 9.97 Å². The average Bonchev–Trinajstić information content (AvgIpc) is 2.84. The fourth-order valence-corrected chi connectivity index (χ4v) is 4.99.